The van der Waals surface area contributed by atoms with E-state index in [9.17, 15) is 4.79 Å². The molecule has 1 saturated heterocycles. The number of hydrogen-bond acceptors (Lipinski definition) is 3. The summed E-state index contributed by atoms with van der Waals surface area (Å²) in [6.45, 7) is 3.74. The first kappa shape index (κ1) is 15.7. The van der Waals surface area contributed by atoms with Crippen molar-refractivity contribution in [2.24, 2.45) is 0 Å². The normalized spacial score (nSPS) is 18.7. The Hall–Kier alpha value is -2.17. The molecule has 0 saturated carbocycles. The minimum Gasteiger partial charge on any atom is -0.478 e. The van der Waals surface area contributed by atoms with Crippen LogP contribution in [0.3, 0.4) is 0 Å². The highest BCUT2D eigenvalue weighted by Crippen LogP contribution is 2.12. The molecule has 23 heavy (non-hydrogen) atoms. The molecule has 1 atom stereocenters. The van der Waals surface area contributed by atoms with Crippen LogP contribution in [0.4, 0.5) is 0 Å². The molecule has 0 radical (unpaired) electrons. The lowest BCUT2D eigenvalue weighted by molar-refractivity contribution is 0.0696. The van der Waals surface area contributed by atoms with E-state index in [1.165, 1.54) is 5.56 Å². The SMILES string of the molecule is O=C(O)c1cccc(CN2CCN[C@@H](Cc3ccccc3)C2)c1. The Balaban J connectivity index is 1.60. The van der Waals surface area contributed by atoms with E-state index in [1.807, 2.05) is 18.2 Å². The van der Waals surface area contributed by atoms with Crippen molar-refractivity contribution in [3.8, 4) is 0 Å². The van der Waals surface area contributed by atoms with E-state index in [4.69, 9.17) is 5.11 Å². The molecule has 4 nitrogen and oxygen atoms in total. The molecule has 1 aliphatic heterocycles. The topological polar surface area (TPSA) is 52.6 Å². The first-order chi connectivity index (χ1) is 11.2. The van der Waals surface area contributed by atoms with Gasteiger partial charge >= 0.3 is 5.97 Å². The minimum atomic E-state index is -0.867. The molecule has 2 aromatic carbocycles. The first-order valence-electron chi connectivity index (χ1n) is 8.02. The third-order valence-corrected chi connectivity index (χ3v) is 4.24. The molecule has 1 heterocycles. The molecule has 2 N–H and O–H groups in total. The van der Waals surface area contributed by atoms with E-state index >= 15 is 0 Å². The number of piperazine rings is 1. The van der Waals surface area contributed by atoms with E-state index in [0.717, 1.165) is 38.2 Å². The van der Waals surface area contributed by atoms with Crippen molar-refractivity contribution in [1.29, 1.82) is 0 Å². The van der Waals surface area contributed by atoms with Gasteiger partial charge in [0.1, 0.15) is 0 Å². The number of hydrogen-bond donors (Lipinski definition) is 2. The van der Waals surface area contributed by atoms with Crippen molar-refractivity contribution < 1.29 is 9.90 Å². The molecule has 2 aromatic rings. The Bertz CT molecular complexity index is 657. The smallest absolute Gasteiger partial charge is 0.335 e. The Labute approximate surface area is 136 Å². The van der Waals surface area contributed by atoms with Gasteiger partial charge in [-0.2, -0.15) is 0 Å². The third-order valence-electron chi connectivity index (χ3n) is 4.24. The molecule has 0 amide bonds. The summed E-state index contributed by atoms with van der Waals surface area (Å²) >= 11 is 0. The molecule has 1 fully saturated rings. The summed E-state index contributed by atoms with van der Waals surface area (Å²) in [6, 6.07) is 18.2. The monoisotopic (exact) mass is 310 g/mol. The minimum absolute atomic E-state index is 0.360. The van der Waals surface area contributed by atoms with Crippen LogP contribution < -0.4 is 5.32 Å². The summed E-state index contributed by atoms with van der Waals surface area (Å²) in [7, 11) is 0. The second kappa shape index (κ2) is 7.40. The largest absolute Gasteiger partial charge is 0.478 e. The van der Waals surface area contributed by atoms with E-state index in [1.54, 1.807) is 12.1 Å². The molecule has 4 heteroatoms. The summed E-state index contributed by atoms with van der Waals surface area (Å²) in [5.74, 6) is -0.867. The standard InChI is InChI=1S/C19H22N2O2/c22-19(23)17-8-4-7-16(11-17)13-21-10-9-20-18(14-21)12-15-5-2-1-3-6-15/h1-8,11,18,20H,9-10,12-14H2,(H,22,23)/t18-/m0/s1. The predicted molar refractivity (Wildman–Crippen MR) is 90.6 cm³/mol. The van der Waals surface area contributed by atoms with Gasteiger partial charge in [0.05, 0.1) is 5.56 Å². The van der Waals surface area contributed by atoms with Crippen molar-refractivity contribution in [2.75, 3.05) is 19.6 Å². The average Bonchev–Trinajstić information content (AvgIpc) is 2.56. The maximum atomic E-state index is 11.1. The highest BCUT2D eigenvalue weighted by Gasteiger charge is 2.19. The Kier molecular flexibility index (Phi) is 5.05. The van der Waals surface area contributed by atoms with E-state index < -0.39 is 5.97 Å². The fourth-order valence-electron chi connectivity index (χ4n) is 3.13. The van der Waals surface area contributed by atoms with E-state index in [-0.39, 0.29) is 0 Å². The van der Waals surface area contributed by atoms with Crippen molar-refractivity contribution in [2.45, 2.75) is 19.0 Å². The van der Waals surface area contributed by atoms with Gasteiger partial charge in [-0.15, -0.1) is 0 Å². The molecular formula is C19H22N2O2. The van der Waals surface area contributed by atoms with Gasteiger partial charge in [-0.3, -0.25) is 4.90 Å². The summed E-state index contributed by atoms with van der Waals surface area (Å²) in [5.41, 5.74) is 2.77. The van der Waals surface area contributed by atoms with E-state index in [0.29, 0.717) is 11.6 Å². The van der Waals surface area contributed by atoms with Crippen molar-refractivity contribution in [1.82, 2.24) is 10.2 Å². The highest BCUT2D eigenvalue weighted by molar-refractivity contribution is 5.87. The molecule has 1 aliphatic rings. The van der Waals surface area contributed by atoms with Gasteiger partial charge in [0.2, 0.25) is 0 Å². The van der Waals surface area contributed by atoms with Crippen LogP contribution >= 0.6 is 0 Å². The van der Waals surface area contributed by atoms with E-state index in [2.05, 4.69) is 34.5 Å². The number of aromatic carboxylic acids is 1. The first-order valence-corrected chi connectivity index (χ1v) is 8.02. The van der Waals surface area contributed by atoms with Gasteiger partial charge in [0.15, 0.2) is 0 Å². The van der Waals surface area contributed by atoms with Crippen molar-refractivity contribution in [3.05, 3.63) is 71.3 Å². The number of carbonyl (C=O) groups is 1. The molecule has 0 aromatic heterocycles. The van der Waals surface area contributed by atoms with Crippen LogP contribution in [0.2, 0.25) is 0 Å². The van der Waals surface area contributed by atoms with Gasteiger partial charge in [-0.05, 0) is 29.7 Å². The number of carboxylic acids is 1. The van der Waals surface area contributed by atoms with Crippen LogP contribution in [0.15, 0.2) is 54.6 Å². The maximum absolute atomic E-state index is 11.1. The van der Waals surface area contributed by atoms with Gasteiger partial charge in [-0.25, -0.2) is 4.79 Å². The number of carboxylic acid groups (broad SMARTS) is 1. The number of nitrogens with zero attached hydrogens (tertiary/aromatic N) is 1. The zero-order valence-corrected chi connectivity index (χ0v) is 13.1. The molecule has 0 bridgehead atoms. The lowest BCUT2D eigenvalue weighted by atomic mass is 10.0. The van der Waals surface area contributed by atoms with Crippen LogP contribution in [0.5, 0.6) is 0 Å². The fourth-order valence-corrected chi connectivity index (χ4v) is 3.13. The Morgan fingerprint density at radius 2 is 1.91 bits per heavy atom. The zero-order valence-electron chi connectivity index (χ0n) is 13.1. The second-order valence-corrected chi connectivity index (χ2v) is 6.08. The van der Waals surface area contributed by atoms with Crippen LogP contribution in [0.1, 0.15) is 21.5 Å². The summed E-state index contributed by atoms with van der Waals surface area (Å²) < 4.78 is 0. The summed E-state index contributed by atoms with van der Waals surface area (Å²) in [4.78, 5) is 13.5. The third kappa shape index (κ3) is 4.41. The quantitative estimate of drug-likeness (QED) is 0.890. The molecule has 0 unspecified atom stereocenters. The van der Waals surface area contributed by atoms with Gasteiger partial charge in [0, 0.05) is 32.2 Å². The van der Waals surface area contributed by atoms with Crippen LogP contribution in [0, 0.1) is 0 Å². The highest BCUT2D eigenvalue weighted by atomic mass is 16.4. The zero-order chi connectivity index (χ0) is 16.1. The lowest BCUT2D eigenvalue weighted by Crippen LogP contribution is -2.51. The van der Waals surface area contributed by atoms with Crippen LogP contribution in [-0.2, 0) is 13.0 Å². The lowest BCUT2D eigenvalue weighted by Gasteiger charge is -2.34. The van der Waals surface area contributed by atoms with Crippen molar-refractivity contribution >= 4 is 5.97 Å². The molecular weight excluding hydrogens is 288 g/mol. The maximum Gasteiger partial charge on any atom is 0.335 e. The number of nitrogens with one attached hydrogen (secondary N) is 1. The van der Waals surface area contributed by atoms with Crippen LogP contribution in [-0.4, -0.2) is 41.7 Å². The van der Waals surface area contributed by atoms with Gasteiger partial charge in [0.25, 0.3) is 0 Å². The van der Waals surface area contributed by atoms with Gasteiger partial charge < -0.3 is 10.4 Å². The van der Waals surface area contributed by atoms with Crippen molar-refractivity contribution in [3.63, 3.8) is 0 Å². The molecule has 3 rings (SSSR count). The fraction of sp³-hybridized carbons (Fsp3) is 0.316. The average molecular weight is 310 g/mol. The number of benzene rings is 2. The molecule has 0 aliphatic carbocycles. The summed E-state index contributed by atoms with van der Waals surface area (Å²) in [6.07, 6.45) is 1.02. The summed E-state index contributed by atoms with van der Waals surface area (Å²) in [5, 5.41) is 12.7. The molecule has 0 spiro atoms. The second-order valence-electron chi connectivity index (χ2n) is 6.08. The molecule has 120 valence electrons. The van der Waals surface area contributed by atoms with Crippen LogP contribution in [0.25, 0.3) is 0 Å². The Morgan fingerprint density at radius 1 is 1.13 bits per heavy atom. The Morgan fingerprint density at radius 3 is 2.70 bits per heavy atom. The predicted octanol–water partition coefficient (Wildman–Crippen LogP) is 2.40. The number of rotatable bonds is 5. The van der Waals surface area contributed by atoms with Gasteiger partial charge in [-0.1, -0.05) is 42.5 Å².